The minimum absolute atomic E-state index is 0.0201. The summed E-state index contributed by atoms with van der Waals surface area (Å²) in [5.41, 5.74) is -0.880. The summed E-state index contributed by atoms with van der Waals surface area (Å²) in [5, 5.41) is 9.41. The van der Waals surface area contributed by atoms with Crippen LogP contribution in [0.25, 0.3) is 0 Å². The van der Waals surface area contributed by atoms with Crippen LogP contribution in [0.5, 0.6) is 0 Å². The molecule has 2 rings (SSSR count). The maximum Gasteiger partial charge on any atom is 0.310 e. The fourth-order valence-corrected chi connectivity index (χ4v) is 3.11. The Morgan fingerprint density at radius 2 is 2.05 bits per heavy atom. The Bertz CT molecular complexity index is 492. The molecule has 0 bridgehead atoms. The number of hydrogen-bond acceptors (Lipinski definition) is 2. The summed E-state index contributed by atoms with van der Waals surface area (Å²) in [6.07, 6.45) is 1.73. The van der Waals surface area contributed by atoms with Crippen molar-refractivity contribution in [3.8, 4) is 0 Å². The second-order valence-corrected chi connectivity index (χ2v) is 5.87. The third-order valence-electron chi connectivity index (χ3n) is 4.23. The van der Waals surface area contributed by atoms with E-state index in [0.29, 0.717) is 19.4 Å². The van der Waals surface area contributed by atoms with Gasteiger partial charge in [0.1, 0.15) is 0 Å². The fourth-order valence-electron chi connectivity index (χ4n) is 3.11. The lowest BCUT2D eigenvalue weighted by Gasteiger charge is -2.27. The van der Waals surface area contributed by atoms with Crippen LogP contribution in [0.4, 0.5) is 8.78 Å². The van der Waals surface area contributed by atoms with Crippen molar-refractivity contribution in [1.29, 1.82) is 0 Å². The average molecular weight is 297 g/mol. The maximum absolute atomic E-state index is 14.3. The van der Waals surface area contributed by atoms with E-state index < -0.39 is 23.9 Å². The minimum atomic E-state index is -2.96. The zero-order valence-corrected chi connectivity index (χ0v) is 12.2. The summed E-state index contributed by atoms with van der Waals surface area (Å²) in [6.45, 7) is 2.12. The highest BCUT2D eigenvalue weighted by molar-refractivity contribution is 5.75. The van der Waals surface area contributed by atoms with Crippen LogP contribution in [0.1, 0.15) is 31.7 Å². The molecule has 116 valence electrons. The predicted molar refractivity (Wildman–Crippen MR) is 76.4 cm³/mol. The van der Waals surface area contributed by atoms with E-state index in [1.165, 1.54) is 12.1 Å². The van der Waals surface area contributed by atoms with Gasteiger partial charge in [0.15, 0.2) is 0 Å². The molecule has 21 heavy (non-hydrogen) atoms. The third kappa shape index (κ3) is 3.40. The van der Waals surface area contributed by atoms with Gasteiger partial charge in [0.05, 0.1) is 12.0 Å². The molecule has 0 amide bonds. The van der Waals surface area contributed by atoms with Gasteiger partial charge in [-0.1, -0.05) is 43.7 Å². The zero-order valence-electron chi connectivity index (χ0n) is 12.2. The first-order valence-electron chi connectivity index (χ1n) is 7.29. The van der Waals surface area contributed by atoms with Crippen LogP contribution in [0, 0.1) is 5.41 Å². The van der Waals surface area contributed by atoms with Crippen molar-refractivity contribution in [2.24, 2.45) is 5.41 Å². The lowest BCUT2D eigenvalue weighted by Crippen LogP contribution is -2.38. The largest absolute Gasteiger partial charge is 0.481 e. The van der Waals surface area contributed by atoms with Gasteiger partial charge in [-0.15, -0.1) is 0 Å². The summed E-state index contributed by atoms with van der Waals surface area (Å²) in [6, 6.07) is 7.70. The van der Waals surface area contributed by atoms with Gasteiger partial charge in [0, 0.05) is 12.1 Å². The Labute approximate surface area is 123 Å². The van der Waals surface area contributed by atoms with E-state index in [-0.39, 0.29) is 12.1 Å². The maximum atomic E-state index is 14.3. The summed E-state index contributed by atoms with van der Waals surface area (Å²) in [7, 11) is 0. The van der Waals surface area contributed by atoms with Gasteiger partial charge in [-0.3, -0.25) is 9.69 Å². The van der Waals surface area contributed by atoms with Crippen LogP contribution in [0.2, 0.25) is 0 Å². The number of hydrogen-bond donors (Lipinski definition) is 1. The van der Waals surface area contributed by atoms with E-state index in [0.717, 1.165) is 6.42 Å². The van der Waals surface area contributed by atoms with Crippen molar-refractivity contribution in [2.75, 3.05) is 19.6 Å². The van der Waals surface area contributed by atoms with E-state index in [1.807, 2.05) is 6.92 Å². The Morgan fingerprint density at radius 1 is 1.38 bits per heavy atom. The van der Waals surface area contributed by atoms with Crippen LogP contribution >= 0.6 is 0 Å². The summed E-state index contributed by atoms with van der Waals surface area (Å²) in [5.74, 6) is -3.82. The molecule has 0 aliphatic carbocycles. The topological polar surface area (TPSA) is 40.5 Å². The highest BCUT2D eigenvalue weighted by Crippen LogP contribution is 2.38. The average Bonchev–Trinajstić information content (AvgIpc) is 2.84. The molecular weight excluding hydrogens is 276 g/mol. The number of carboxylic acid groups (broad SMARTS) is 1. The molecule has 1 aromatic rings. The van der Waals surface area contributed by atoms with Crippen LogP contribution in [0.15, 0.2) is 30.3 Å². The predicted octanol–water partition coefficient (Wildman–Crippen LogP) is 3.36. The van der Waals surface area contributed by atoms with Crippen molar-refractivity contribution in [3.05, 3.63) is 35.9 Å². The SMILES string of the molecule is CCCC1(C(=O)O)CCN(CC(F)(F)c2ccccc2)C1. The molecule has 0 aromatic heterocycles. The molecule has 1 heterocycles. The number of rotatable bonds is 6. The van der Waals surface area contributed by atoms with E-state index >= 15 is 0 Å². The highest BCUT2D eigenvalue weighted by atomic mass is 19.3. The molecule has 0 radical (unpaired) electrons. The number of carbonyl (C=O) groups is 1. The monoisotopic (exact) mass is 297 g/mol. The third-order valence-corrected chi connectivity index (χ3v) is 4.23. The van der Waals surface area contributed by atoms with Crippen molar-refractivity contribution >= 4 is 5.97 Å². The minimum Gasteiger partial charge on any atom is -0.481 e. The van der Waals surface area contributed by atoms with Gasteiger partial charge in [0.25, 0.3) is 5.92 Å². The molecule has 1 unspecified atom stereocenters. The van der Waals surface area contributed by atoms with Crippen LogP contribution < -0.4 is 0 Å². The van der Waals surface area contributed by atoms with Crippen LogP contribution in [0.3, 0.4) is 0 Å². The van der Waals surface area contributed by atoms with Gasteiger partial charge < -0.3 is 5.11 Å². The molecular formula is C16H21F2NO2. The molecule has 0 spiro atoms. The molecule has 1 fully saturated rings. The van der Waals surface area contributed by atoms with Crippen molar-refractivity contribution in [2.45, 2.75) is 32.1 Å². The standard InChI is InChI=1S/C16H21F2NO2/c1-2-8-15(14(20)21)9-10-19(11-15)12-16(17,18)13-6-4-3-5-7-13/h3-7H,2,8-12H2,1H3,(H,20,21). The second kappa shape index (κ2) is 6.10. The molecule has 1 saturated heterocycles. The number of benzene rings is 1. The first kappa shape index (κ1) is 15.9. The van der Waals surface area contributed by atoms with E-state index in [2.05, 4.69) is 0 Å². The van der Waals surface area contributed by atoms with Gasteiger partial charge in [-0.2, -0.15) is 8.78 Å². The lowest BCUT2D eigenvalue weighted by molar-refractivity contribution is -0.149. The van der Waals surface area contributed by atoms with E-state index in [4.69, 9.17) is 0 Å². The van der Waals surface area contributed by atoms with Gasteiger partial charge in [-0.05, 0) is 19.4 Å². The first-order valence-corrected chi connectivity index (χ1v) is 7.29. The highest BCUT2D eigenvalue weighted by Gasteiger charge is 2.46. The first-order chi connectivity index (χ1) is 9.89. The van der Waals surface area contributed by atoms with Crippen molar-refractivity contribution in [1.82, 2.24) is 4.90 Å². The number of nitrogens with zero attached hydrogens (tertiary/aromatic N) is 1. The lowest BCUT2D eigenvalue weighted by atomic mass is 9.83. The number of alkyl halides is 2. The molecule has 1 atom stereocenters. The Balaban J connectivity index is 2.07. The quantitative estimate of drug-likeness (QED) is 0.875. The summed E-state index contributed by atoms with van der Waals surface area (Å²) >= 11 is 0. The Kier molecular flexibility index (Phi) is 4.61. The molecule has 1 N–H and O–H groups in total. The smallest absolute Gasteiger partial charge is 0.310 e. The van der Waals surface area contributed by atoms with Crippen molar-refractivity contribution < 1.29 is 18.7 Å². The van der Waals surface area contributed by atoms with Gasteiger partial charge in [-0.25, -0.2) is 0 Å². The van der Waals surface area contributed by atoms with Gasteiger partial charge >= 0.3 is 5.97 Å². The Hall–Kier alpha value is -1.49. The summed E-state index contributed by atoms with van der Waals surface area (Å²) < 4.78 is 28.5. The molecule has 3 nitrogen and oxygen atoms in total. The molecule has 5 heteroatoms. The fraction of sp³-hybridized carbons (Fsp3) is 0.562. The van der Waals surface area contributed by atoms with Crippen LogP contribution in [-0.2, 0) is 10.7 Å². The molecule has 1 aromatic carbocycles. The summed E-state index contributed by atoms with van der Waals surface area (Å²) in [4.78, 5) is 13.1. The normalized spacial score (nSPS) is 23.4. The Morgan fingerprint density at radius 3 is 2.62 bits per heavy atom. The van der Waals surface area contributed by atoms with Crippen molar-refractivity contribution in [3.63, 3.8) is 0 Å². The second-order valence-electron chi connectivity index (χ2n) is 5.87. The molecule has 1 aliphatic rings. The molecule has 1 aliphatic heterocycles. The van der Waals surface area contributed by atoms with E-state index in [1.54, 1.807) is 23.1 Å². The number of halogens is 2. The number of likely N-dealkylation sites (tertiary alicyclic amines) is 1. The number of carboxylic acids is 1. The zero-order chi connectivity index (χ0) is 15.5. The van der Waals surface area contributed by atoms with Gasteiger partial charge in [0.2, 0.25) is 0 Å². The number of aliphatic carboxylic acids is 1. The molecule has 0 saturated carbocycles. The van der Waals surface area contributed by atoms with Crippen LogP contribution in [-0.4, -0.2) is 35.6 Å². The van der Waals surface area contributed by atoms with E-state index in [9.17, 15) is 18.7 Å².